The van der Waals surface area contributed by atoms with Crippen molar-refractivity contribution in [3.8, 4) is 22.5 Å². The molecule has 0 aliphatic carbocycles. The lowest BCUT2D eigenvalue weighted by atomic mass is 10.0. The van der Waals surface area contributed by atoms with Gasteiger partial charge in [-0.15, -0.1) is 0 Å². The largest absolute Gasteiger partial charge is 0.394 e. The molecule has 4 nitrogen and oxygen atoms in total. The lowest BCUT2D eigenvalue weighted by Crippen LogP contribution is -2.35. The summed E-state index contributed by atoms with van der Waals surface area (Å²) in [4.78, 5) is 15.4. The lowest BCUT2D eigenvalue weighted by molar-refractivity contribution is -0.121. The van der Waals surface area contributed by atoms with Gasteiger partial charge in [0.1, 0.15) is 11.6 Å². The molecular formula is C22H22F2N2O2. The number of nitrogens with one attached hydrogen (secondary N) is 2. The Labute approximate surface area is 162 Å². The molecule has 3 rings (SSSR count). The van der Waals surface area contributed by atoms with Crippen LogP contribution in [0.1, 0.15) is 18.9 Å². The van der Waals surface area contributed by atoms with Crippen LogP contribution < -0.4 is 5.32 Å². The average Bonchev–Trinajstić information content (AvgIpc) is 3.11. The third-order valence-electron chi connectivity index (χ3n) is 4.49. The molecule has 0 saturated heterocycles. The average molecular weight is 384 g/mol. The molecule has 0 aliphatic rings. The van der Waals surface area contributed by atoms with Crippen LogP contribution in [0.25, 0.3) is 22.5 Å². The first-order chi connectivity index (χ1) is 13.5. The number of aliphatic hydroxyl groups is 1. The second-order valence-electron chi connectivity index (χ2n) is 6.75. The van der Waals surface area contributed by atoms with Crippen LogP contribution in [0.3, 0.4) is 0 Å². The number of amides is 1. The van der Waals surface area contributed by atoms with Crippen LogP contribution in [-0.2, 0) is 11.2 Å². The number of aromatic nitrogens is 1. The molecule has 6 heteroatoms. The summed E-state index contributed by atoms with van der Waals surface area (Å²) in [5.41, 5.74) is 4.10. The van der Waals surface area contributed by atoms with E-state index in [1.165, 1.54) is 24.3 Å². The van der Waals surface area contributed by atoms with Crippen molar-refractivity contribution in [2.24, 2.45) is 0 Å². The van der Waals surface area contributed by atoms with Gasteiger partial charge >= 0.3 is 0 Å². The first kappa shape index (κ1) is 19.8. The third kappa shape index (κ3) is 4.84. The molecule has 0 aliphatic heterocycles. The van der Waals surface area contributed by atoms with Gasteiger partial charge in [-0.25, -0.2) is 8.78 Å². The number of hydrogen-bond donors (Lipinski definition) is 3. The second kappa shape index (κ2) is 8.80. The molecule has 0 fully saturated rings. The van der Waals surface area contributed by atoms with Gasteiger partial charge in [-0.05, 0) is 84.6 Å². The van der Waals surface area contributed by atoms with Gasteiger partial charge < -0.3 is 15.4 Å². The van der Waals surface area contributed by atoms with E-state index < -0.39 is 0 Å². The van der Waals surface area contributed by atoms with E-state index in [2.05, 4.69) is 10.3 Å². The number of H-pyrrole nitrogens is 1. The Kier molecular flexibility index (Phi) is 6.21. The molecule has 0 radical (unpaired) electrons. The minimum atomic E-state index is -0.326. The molecular weight excluding hydrogens is 362 g/mol. The number of rotatable bonds is 7. The van der Waals surface area contributed by atoms with Gasteiger partial charge in [-0.1, -0.05) is 0 Å². The van der Waals surface area contributed by atoms with E-state index in [1.54, 1.807) is 31.2 Å². The normalized spacial score (nSPS) is 12.0. The number of halogens is 2. The minimum absolute atomic E-state index is 0.120. The van der Waals surface area contributed by atoms with Crippen molar-refractivity contribution in [2.45, 2.75) is 25.8 Å². The van der Waals surface area contributed by atoms with Gasteiger partial charge in [0.25, 0.3) is 0 Å². The molecule has 3 aromatic rings. The number of carbonyl (C=O) groups excluding carboxylic acids is 1. The zero-order valence-electron chi connectivity index (χ0n) is 15.5. The number of aryl methyl sites for hydroxylation is 1. The molecule has 1 amide bonds. The number of hydrogen-bond acceptors (Lipinski definition) is 2. The highest BCUT2D eigenvalue weighted by Gasteiger charge is 2.14. The molecule has 1 aromatic heterocycles. The van der Waals surface area contributed by atoms with Gasteiger partial charge in [-0.3, -0.25) is 4.79 Å². The summed E-state index contributed by atoms with van der Waals surface area (Å²) in [6.07, 6.45) is 0.716. The highest BCUT2D eigenvalue weighted by Crippen LogP contribution is 2.30. The SMILES string of the molecule is CC(CO)NC(=O)CCc1cc(-c2ccc(F)cc2)[nH]c1-c1ccc(F)cc1. The fraction of sp³-hybridized carbons (Fsp3) is 0.227. The summed E-state index contributed by atoms with van der Waals surface area (Å²) >= 11 is 0. The number of aliphatic hydroxyl groups excluding tert-OH is 1. The zero-order chi connectivity index (χ0) is 20.1. The maximum atomic E-state index is 13.3. The Bertz CT molecular complexity index is 934. The maximum absolute atomic E-state index is 13.3. The van der Waals surface area contributed by atoms with E-state index in [9.17, 15) is 13.6 Å². The van der Waals surface area contributed by atoms with Crippen molar-refractivity contribution < 1.29 is 18.7 Å². The molecule has 1 heterocycles. The van der Waals surface area contributed by atoms with Crippen LogP contribution >= 0.6 is 0 Å². The highest BCUT2D eigenvalue weighted by molar-refractivity contribution is 5.78. The first-order valence-corrected chi connectivity index (χ1v) is 9.10. The summed E-state index contributed by atoms with van der Waals surface area (Å²) in [6, 6.07) is 13.9. The predicted octanol–water partition coefficient (Wildman–Crippen LogP) is 4.06. The Morgan fingerprint density at radius 3 is 2.18 bits per heavy atom. The van der Waals surface area contributed by atoms with E-state index in [0.717, 1.165) is 28.1 Å². The quantitative estimate of drug-likeness (QED) is 0.575. The second-order valence-corrected chi connectivity index (χ2v) is 6.75. The molecule has 0 saturated carbocycles. The van der Waals surface area contributed by atoms with Gasteiger partial charge in [-0.2, -0.15) is 0 Å². The molecule has 0 spiro atoms. The predicted molar refractivity (Wildman–Crippen MR) is 105 cm³/mol. The van der Waals surface area contributed by atoms with Gasteiger partial charge in [0.2, 0.25) is 5.91 Å². The first-order valence-electron chi connectivity index (χ1n) is 9.10. The van der Waals surface area contributed by atoms with Gasteiger partial charge in [0.15, 0.2) is 0 Å². The van der Waals surface area contributed by atoms with Crippen LogP contribution in [-0.4, -0.2) is 28.6 Å². The molecule has 28 heavy (non-hydrogen) atoms. The van der Waals surface area contributed by atoms with Crippen molar-refractivity contribution in [1.29, 1.82) is 0 Å². The monoisotopic (exact) mass is 384 g/mol. The fourth-order valence-corrected chi connectivity index (χ4v) is 2.99. The van der Waals surface area contributed by atoms with Crippen molar-refractivity contribution in [3.63, 3.8) is 0 Å². The van der Waals surface area contributed by atoms with E-state index in [0.29, 0.717) is 6.42 Å². The van der Waals surface area contributed by atoms with E-state index >= 15 is 0 Å². The summed E-state index contributed by atoms with van der Waals surface area (Å²) in [5, 5.41) is 11.8. The van der Waals surface area contributed by atoms with Crippen LogP contribution in [0.4, 0.5) is 8.78 Å². The molecule has 146 valence electrons. The van der Waals surface area contributed by atoms with Crippen molar-refractivity contribution in [1.82, 2.24) is 10.3 Å². The minimum Gasteiger partial charge on any atom is -0.394 e. The summed E-state index contributed by atoms with van der Waals surface area (Å²) < 4.78 is 26.5. The van der Waals surface area contributed by atoms with Crippen LogP contribution in [0.2, 0.25) is 0 Å². The Morgan fingerprint density at radius 2 is 1.61 bits per heavy atom. The van der Waals surface area contributed by atoms with Crippen molar-refractivity contribution >= 4 is 5.91 Å². The van der Waals surface area contributed by atoms with Crippen molar-refractivity contribution in [2.75, 3.05) is 6.61 Å². The van der Waals surface area contributed by atoms with Crippen LogP contribution in [0, 0.1) is 11.6 Å². The summed E-state index contributed by atoms with van der Waals surface area (Å²) in [5.74, 6) is -0.798. The maximum Gasteiger partial charge on any atom is 0.220 e. The summed E-state index contributed by atoms with van der Waals surface area (Å²) in [6.45, 7) is 1.61. The topological polar surface area (TPSA) is 65.1 Å². The van der Waals surface area contributed by atoms with E-state index in [-0.39, 0.29) is 36.6 Å². The third-order valence-corrected chi connectivity index (χ3v) is 4.49. The van der Waals surface area contributed by atoms with Crippen LogP contribution in [0.5, 0.6) is 0 Å². The Hall–Kier alpha value is -2.99. The molecule has 1 atom stereocenters. The zero-order valence-corrected chi connectivity index (χ0v) is 15.5. The fourth-order valence-electron chi connectivity index (χ4n) is 2.99. The lowest BCUT2D eigenvalue weighted by Gasteiger charge is -2.10. The van der Waals surface area contributed by atoms with Gasteiger partial charge in [0.05, 0.1) is 6.61 Å². The molecule has 0 bridgehead atoms. The smallest absolute Gasteiger partial charge is 0.220 e. The number of benzene rings is 2. The molecule has 1 unspecified atom stereocenters. The van der Waals surface area contributed by atoms with E-state index in [1.807, 2.05) is 6.07 Å². The van der Waals surface area contributed by atoms with Crippen molar-refractivity contribution in [3.05, 3.63) is 71.8 Å². The molecule has 2 aromatic carbocycles. The number of aromatic amines is 1. The van der Waals surface area contributed by atoms with E-state index in [4.69, 9.17) is 5.11 Å². The summed E-state index contributed by atoms with van der Waals surface area (Å²) in [7, 11) is 0. The number of carbonyl (C=O) groups is 1. The molecule has 3 N–H and O–H groups in total. The van der Waals surface area contributed by atoms with Crippen LogP contribution in [0.15, 0.2) is 54.6 Å². The Morgan fingerprint density at radius 1 is 1.04 bits per heavy atom. The standard InChI is InChI=1S/C22H22F2N2O2/c1-14(13-27)25-21(28)11-6-17-12-20(15-2-7-18(23)8-3-15)26-22(17)16-4-9-19(24)10-5-16/h2-5,7-10,12,14,26-27H,6,11,13H2,1H3,(H,25,28). The highest BCUT2D eigenvalue weighted by atomic mass is 19.1. The Balaban J connectivity index is 1.88. The van der Waals surface area contributed by atoms with Gasteiger partial charge in [0, 0.05) is 23.9 Å².